The van der Waals surface area contributed by atoms with Crippen molar-refractivity contribution in [3.05, 3.63) is 47.7 Å². The Morgan fingerprint density at radius 2 is 1.80 bits per heavy atom. The van der Waals surface area contributed by atoms with Crippen LogP contribution < -0.4 is 0 Å². The Morgan fingerprint density at radius 3 is 2.35 bits per heavy atom. The van der Waals surface area contributed by atoms with Gasteiger partial charge in [-0.15, -0.1) is 0 Å². The molecule has 0 N–H and O–H groups in total. The van der Waals surface area contributed by atoms with Crippen molar-refractivity contribution in [1.82, 2.24) is 0 Å². The first kappa shape index (κ1) is 16.4. The van der Waals surface area contributed by atoms with Crippen molar-refractivity contribution in [1.29, 1.82) is 0 Å². The molecule has 0 saturated heterocycles. The summed E-state index contributed by atoms with van der Waals surface area (Å²) in [5.41, 5.74) is 0.868. The van der Waals surface area contributed by atoms with Crippen LogP contribution >= 0.6 is 7.82 Å². The molecule has 0 spiro atoms. The zero-order valence-electron chi connectivity index (χ0n) is 11.6. The number of carbonyl (C=O) groups is 1. The van der Waals surface area contributed by atoms with Crippen LogP contribution in [0.25, 0.3) is 0 Å². The molecule has 0 aliphatic heterocycles. The highest BCUT2D eigenvalue weighted by molar-refractivity contribution is 7.48. The summed E-state index contributed by atoms with van der Waals surface area (Å²) in [6.07, 6.45) is 1.08. The van der Waals surface area contributed by atoms with E-state index in [-0.39, 0.29) is 12.4 Å². The molecule has 110 valence electrons. The second-order valence-corrected chi connectivity index (χ2v) is 5.56. The minimum absolute atomic E-state index is 0.0788. The fourth-order valence-electron chi connectivity index (χ4n) is 1.29. The fourth-order valence-corrected chi connectivity index (χ4v) is 1.99. The summed E-state index contributed by atoms with van der Waals surface area (Å²) in [5.74, 6) is -0.528. The third kappa shape index (κ3) is 5.57. The van der Waals surface area contributed by atoms with Crippen molar-refractivity contribution >= 4 is 13.8 Å². The van der Waals surface area contributed by atoms with Gasteiger partial charge in [0.2, 0.25) is 0 Å². The normalized spacial score (nSPS) is 12.1. The van der Waals surface area contributed by atoms with E-state index in [1.165, 1.54) is 21.1 Å². The van der Waals surface area contributed by atoms with Crippen LogP contribution in [-0.4, -0.2) is 20.2 Å². The van der Waals surface area contributed by atoms with Crippen LogP contribution in [-0.2, 0) is 34.3 Å². The molecule has 1 rings (SSSR count). The van der Waals surface area contributed by atoms with E-state index in [1.54, 1.807) is 0 Å². The van der Waals surface area contributed by atoms with Gasteiger partial charge in [0.25, 0.3) is 0 Å². The maximum absolute atomic E-state index is 11.7. The monoisotopic (exact) mass is 300 g/mol. The first-order chi connectivity index (χ1) is 9.49. The molecular formula is C13H17O6P. The summed E-state index contributed by atoms with van der Waals surface area (Å²) in [7, 11) is -1.27. The lowest BCUT2D eigenvalue weighted by Gasteiger charge is -2.14. The van der Waals surface area contributed by atoms with Gasteiger partial charge in [-0.1, -0.05) is 30.3 Å². The van der Waals surface area contributed by atoms with Crippen LogP contribution in [0.1, 0.15) is 12.5 Å². The number of phosphoric ester groups is 1. The molecule has 0 bridgehead atoms. The van der Waals surface area contributed by atoms with Crippen molar-refractivity contribution in [2.45, 2.75) is 13.5 Å². The van der Waals surface area contributed by atoms with Crippen LogP contribution in [0.15, 0.2) is 42.2 Å². The number of ether oxygens (including phenoxy) is 1. The first-order valence-corrected chi connectivity index (χ1v) is 7.25. The standard InChI is InChI=1S/C13H17O6P/c1-11(19-20(15,16-2)17-3)9-13(14)18-10-12-7-5-4-6-8-12/h4-9H,10H2,1-3H3/b11-9-. The van der Waals surface area contributed by atoms with E-state index in [0.717, 1.165) is 11.6 Å². The number of hydrogen-bond donors (Lipinski definition) is 0. The second kappa shape index (κ2) is 7.85. The molecule has 0 aliphatic carbocycles. The summed E-state index contributed by atoms with van der Waals surface area (Å²) in [5, 5.41) is 0. The van der Waals surface area contributed by atoms with Gasteiger partial charge in [-0.25, -0.2) is 9.36 Å². The molecule has 0 amide bonds. The molecule has 0 heterocycles. The molecule has 6 nitrogen and oxygen atoms in total. The Kier molecular flexibility index (Phi) is 6.45. The van der Waals surface area contributed by atoms with Crippen molar-refractivity contribution in [2.24, 2.45) is 0 Å². The highest BCUT2D eigenvalue weighted by atomic mass is 31.2. The molecule has 0 aliphatic rings. The first-order valence-electron chi connectivity index (χ1n) is 5.79. The van der Waals surface area contributed by atoms with Crippen molar-refractivity contribution < 1.29 is 27.7 Å². The second-order valence-electron chi connectivity index (χ2n) is 3.75. The summed E-state index contributed by atoms with van der Waals surface area (Å²) in [4.78, 5) is 11.5. The quantitative estimate of drug-likeness (QED) is 0.333. The van der Waals surface area contributed by atoms with Gasteiger partial charge in [-0.2, -0.15) is 0 Å². The van der Waals surface area contributed by atoms with Crippen LogP contribution in [0.2, 0.25) is 0 Å². The van der Waals surface area contributed by atoms with Gasteiger partial charge in [0, 0.05) is 14.2 Å². The van der Waals surface area contributed by atoms with Gasteiger partial charge in [-0.05, 0) is 12.5 Å². The van der Waals surface area contributed by atoms with E-state index in [4.69, 9.17) is 9.26 Å². The lowest BCUT2D eigenvalue weighted by atomic mass is 10.2. The number of hydrogen-bond acceptors (Lipinski definition) is 6. The van der Waals surface area contributed by atoms with Crippen LogP contribution in [0.4, 0.5) is 0 Å². The van der Waals surface area contributed by atoms with Gasteiger partial charge in [0.1, 0.15) is 12.4 Å². The van der Waals surface area contributed by atoms with E-state index < -0.39 is 13.8 Å². The van der Waals surface area contributed by atoms with E-state index in [9.17, 15) is 9.36 Å². The summed E-state index contributed by atoms with van der Waals surface area (Å²) >= 11 is 0. The molecule has 1 aromatic rings. The van der Waals surface area contributed by atoms with Crippen molar-refractivity contribution in [2.75, 3.05) is 14.2 Å². The SMILES string of the molecule is COP(=O)(OC)O/C(C)=C\C(=O)OCc1ccccc1. The molecule has 0 saturated carbocycles. The van der Waals surface area contributed by atoms with Crippen molar-refractivity contribution in [3.63, 3.8) is 0 Å². The van der Waals surface area contributed by atoms with E-state index in [0.29, 0.717) is 0 Å². The summed E-state index contributed by atoms with van der Waals surface area (Å²) in [6, 6.07) is 9.24. The third-order valence-electron chi connectivity index (χ3n) is 2.25. The molecule has 7 heteroatoms. The van der Waals surface area contributed by atoms with Gasteiger partial charge in [-0.3, -0.25) is 9.05 Å². The van der Waals surface area contributed by atoms with E-state index in [2.05, 4.69) is 9.05 Å². The predicted molar refractivity (Wildman–Crippen MR) is 72.7 cm³/mol. The molecule has 0 aromatic heterocycles. The maximum atomic E-state index is 11.7. The van der Waals surface area contributed by atoms with E-state index in [1.807, 2.05) is 30.3 Å². The number of carbonyl (C=O) groups excluding carboxylic acids is 1. The fraction of sp³-hybridized carbons (Fsp3) is 0.308. The highest BCUT2D eigenvalue weighted by Crippen LogP contribution is 2.49. The largest absolute Gasteiger partial charge is 0.529 e. The Labute approximate surface area is 117 Å². The predicted octanol–water partition coefficient (Wildman–Crippen LogP) is 3.05. The average molecular weight is 300 g/mol. The lowest BCUT2D eigenvalue weighted by molar-refractivity contribution is -0.139. The summed E-state index contributed by atoms with van der Waals surface area (Å²) in [6.45, 7) is 1.60. The highest BCUT2D eigenvalue weighted by Gasteiger charge is 2.24. The molecule has 0 unspecified atom stereocenters. The number of esters is 1. The Balaban J connectivity index is 2.52. The van der Waals surface area contributed by atoms with Gasteiger partial charge in [0.05, 0.1) is 6.08 Å². The minimum Gasteiger partial charge on any atom is -0.458 e. The van der Waals surface area contributed by atoms with Crippen LogP contribution in [0.5, 0.6) is 0 Å². The number of allylic oxidation sites excluding steroid dienone is 1. The molecule has 20 heavy (non-hydrogen) atoms. The topological polar surface area (TPSA) is 71.1 Å². The van der Waals surface area contributed by atoms with Crippen molar-refractivity contribution in [3.8, 4) is 0 Å². The van der Waals surface area contributed by atoms with Gasteiger partial charge in [0.15, 0.2) is 0 Å². The van der Waals surface area contributed by atoms with Gasteiger partial charge >= 0.3 is 13.8 Å². The molecule has 0 radical (unpaired) electrons. The zero-order valence-corrected chi connectivity index (χ0v) is 12.5. The zero-order chi connectivity index (χ0) is 15.0. The molecule has 0 fully saturated rings. The minimum atomic E-state index is -3.65. The Bertz CT molecular complexity index is 503. The lowest BCUT2D eigenvalue weighted by Crippen LogP contribution is -2.03. The Morgan fingerprint density at radius 1 is 1.20 bits per heavy atom. The third-order valence-corrected chi connectivity index (χ3v) is 3.65. The summed E-state index contributed by atoms with van der Waals surface area (Å²) < 4.78 is 30.8. The maximum Gasteiger partial charge on any atom is 0.529 e. The number of phosphoric acid groups is 1. The number of benzene rings is 1. The van der Waals surface area contributed by atoms with Crippen LogP contribution in [0.3, 0.4) is 0 Å². The molecule has 0 atom stereocenters. The van der Waals surface area contributed by atoms with E-state index >= 15 is 0 Å². The smallest absolute Gasteiger partial charge is 0.458 e. The van der Waals surface area contributed by atoms with Crippen LogP contribution in [0, 0.1) is 0 Å². The molecule has 1 aromatic carbocycles. The average Bonchev–Trinajstić information content (AvgIpc) is 2.46. The number of rotatable bonds is 7. The Hall–Kier alpha value is -1.62. The van der Waals surface area contributed by atoms with Gasteiger partial charge < -0.3 is 9.26 Å². The molecular weight excluding hydrogens is 283 g/mol.